The third-order valence-electron chi connectivity index (χ3n) is 13.7. The van der Waals surface area contributed by atoms with Gasteiger partial charge in [0, 0.05) is 75.1 Å². The Balaban J connectivity index is 0.000000198. The molecule has 81 heavy (non-hydrogen) atoms. The van der Waals surface area contributed by atoms with E-state index in [-0.39, 0.29) is 41.6 Å². The molecular formula is C53H60F6N14O8. The van der Waals surface area contributed by atoms with E-state index in [4.69, 9.17) is 14.2 Å². The van der Waals surface area contributed by atoms with Gasteiger partial charge in [-0.15, -0.1) is 10.2 Å². The van der Waals surface area contributed by atoms with Crippen LogP contribution in [0, 0.1) is 13.8 Å². The number of fused-ring (bicyclic) bond motifs is 2. The minimum Gasteiger partial charge on any atom is -0.444 e. The number of carbonyl (C=O) groups is 3. The second-order valence-electron chi connectivity index (χ2n) is 20.5. The molecule has 0 radical (unpaired) electrons. The second kappa shape index (κ2) is 23.5. The number of benzene rings is 2. The number of amides is 3. The van der Waals surface area contributed by atoms with Crippen molar-refractivity contribution < 1.29 is 54.9 Å². The SMILES string of the molecule is Cc1c(N2CCN(C(=O)OC(C)(C)C)CC2)c(=O)n2nc(C3=CCOCC3)nc2n1CC(=O)Nc1ccc(C(F)(F)F)cc1.Cc1c(N2CCNCC2)c(=O)n2nc(C3=CCOCC3)nc2n1CC(=O)Nc1ccc(C(F)(F)F)cc1. The smallest absolute Gasteiger partial charge is 0.416 e. The van der Waals surface area contributed by atoms with Crippen molar-refractivity contribution in [1.82, 2.24) is 48.5 Å². The fraction of sp³-hybridized carbons (Fsp3) is 0.453. The monoisotopic (exact) mass is 1130 g/mol. The molecule has 0 atom stereocenters. The highest BCUT2D eigenvalue weighted by Gasteiger charge is 2.33. The van der Waals surface area contributed by atoms with Crippen LogP contribution in [0.3, 0.4) is 0 Å². The summed E-state index contributed by atoms with van der Waals surface area (Å²) in [5, 5.41) is 17.5. The average molecular weight is 1140 g/mol. The zero-order valence-corrected chi connectivity index (χ0v) is 45.0. The summed E-state index contributed by atoms with van der Waals surface area (Å²) >= 11 is 0. The first kappa shape index (κ1) is 57.6. The van der Waals surface area contributed by atoms with Crippen LogP contribution < -0.4 is 36.9 Å². The fourth-order valence-corrected chi connectivity index (χ4v) is 9.64. The van der Waals surface area contributed by atoms with Crippen LogP contribution in [0.4, 0.5) is 53.9 Å². The molecule has 0 spiro atoms. The molecule has 8 heterocycles. The van der Waals surface area contributed by atoms with Crippen molar-refractivity contribution in [3.63, 3.8) is 0 Å². The standard InChI is InChI=1S/C29H34F3N7O5.C24H26F3N7O3/c1-18-23(36-11-13-37(14-12-36)27(42)44-28(2,3)4)25(41)39-26(34-24(35-39)19-9-15-43-16-10-19)38(18)17-22(40)33-21-7-5-20(6-8-21)29(30,31)32;1-15-20(32-10-8-28-9-11-32)22(36)34-23(30-21(31-34)16-6-12-37-13-7-16)33(15)14-19(35)29-18-4-2-17(3-5-18)24(25,26)27/h5-9H,10-17H2,1-4H3,(H,33,40);2-6,28H,7-14H2,1H3,(H,29,35). The zero-order chi connectivity index (χ0) is 58.0. The van der Waals surface area contributed by atoms with E-state index in [9.17, 15) is 50.3 Å². The van der Waals surface area contributed by atoms with Crippen LogP contribution in [0.1, 0.15) is 67.8 Å². The van der Waals surface area contributed by atoms with E-state index in [0.29, 0.717) is 126 Å². The van der Waals surface area contributed by atoms with E-state index in [0.717, 1.165) is 35.4 Å². The van der Waals surface area contributed by atoms with Crippen molar-refractivity contribution in [3.05, 3.63) is 116 Å². The number of anilines is 4. The summed E-state index contributed by atoms with van der Waals surface area (Å²) in [6.07, 6.45) is -4.54. The summed E-state index contributed by atoms with van der Waals surface area (Å²) in [7, 11) is 0. The number of piperazine rings is 2. The lowest BCUT2D eigenvalue weighted by molar-refractivity contribution is -0.138. The van der Waals surface area contributed by atoms with E-state index >= 15 is 0 Å². The lowest BCUT2D eigenvalue weighted by Gasteiger charge is -2.37. The van der Waals surface area contributed by atoms with E-state index in [1.807, 2.05) is 22.0 Å². The van der Waals surface area contributed by atoms with Gasteiger partial charge in [-0.1, -0.05) is 12.2 Å². The molecule has 2 saturated heterocycles. The molecule has 3 amide bonds. The third-order valence-corrected chi connectivity index (χ3v) is 13.7. The van der Waals surface area contributed by atoms with Crippen molar-refractivity contribution in [2.75, 3.05) is 99.2 Å². The number of ether oxygens (including phenoxy) is 3. The number of nitrogens with one attached hydrogen (secondary N) is 3. The summed E-state index contributed by atoms with van der Waals surface area (Å²) < 4.78 is 99.4. The molecule has 28 heteroatoms. The van der Waals surface area contributed by atoms with Gasteiger partial charge in [0.1, 0.15) is 30.1 Å². The summed E-state index contributed by atoms with van der Waals surface area (Å²) in [6, 6.07) is 8.36. The third kappa shape index (κ3) is 13.2. The van der Waals surface area contributed by atoms with Crippen molar-refractivity contribution >= 4 is 63.4 Å². The van der Waals surface area contributed by atoms with Gasteiger partial charge in [0.05, 0.1) is 37.6 Å². The highest BCUT2D eigenvalue weighted by atomic mass is 19.4. The first-order chi connectivity index (χ1) is 38.4. The Morgan fingerprint density at radius 2 is 1.02 bits per heavy atom. The van der Waals surface area contributed by atoms with Crippen molar-refractivity contribution in [1.29, 1.82) is 0 Å². The van der Waals surface area contributed by atoms with Crippen LogP contribution in [0.2, 0.25) is 0 Å². The van der Waals surface area contributed by atoms with Gasteiger partial charge in [-0.3, -0.25) is 19.2 Å². The van der Waals surface area contributed by atoms with Crippen molar-refractivity contribution in [2.45, 2.75) is 78.5 Å². The maximum absolute atomic E-state index is 13.9. The summed E-state index contributed by atoms with van der Waals surface area (Å²) in [5.41, 5.74) is 0.819. The van der Waals surface area contributed by atoms with Crippen molar-refractivity contribution in [2.24, 2.45) is 0 Å². The predicted molar refractivity (Wildman–Crippen MR) is 286 cm³/mol. The Hall–Kier alpha value is -8.11. The maximum atomic E-state index is 13.9. The maximum Gasteiger partial charge on any atom is 0.416 e. The largest absolute Gasteiger partial charge is 0.444 e. The Bertz CT molecular complexity index is 3510. The Labute approximate surface area is 459 Å². The van der Waals surface area contributed by atoms with Gasteiger partial charge >= 0.3 is 18.4 Å². The minimum atomic E-state index is -4.50. The number of aromatic nitrogens is 8. The topological polar surface area (TPSA) is 229 Å². The van der Waals surface area contributed by atoms with Gasteiger partial charge in [-0.05, 0) is 107 Å². The van der Waals surface area contributed by atoms with Gasteiger partial charge in [0.25, 0.3) is 11.1 Å². The molecule has 10 rings (SSSR count). The van der Waals surface area contributed by atoms with E-state index in [1.54, 1.807) is 48.7 Å². The van der Waals surface area contributed by atoms with Gasteiger partial charge < -0.3 is 54.0 Å². The first-order valence-electron chi connectivity index (χ1n) is 26.1. The zero-order valence-electron chi connectivity index (χ0n) is 45.0. The molecule has 2 fully saturated rings. The van der Waals surface area contributed by atoms with E-state index in [1.165, 1.54) is 33.3 Å². The van der Waals surface area contributed by atoms with Crippen LogP contribution in [0.5, 0.6) is 0 Å². The Morgan fingerprint density at radius 3 is 1.40 bits per heavy atom. The van der Waals surface area contributed by atoms with E-state index in [2.05, 4.69) is 36.1 Å². The number of nitrogens with zero attached hydrogens (tertiary/aromatic N) is 11. The number of halogens is 6. The van der Waals surface area contributed by atoms with Gasteiger partial charge in [-0.2, -0.15) is 45.3 Å². The van der Waals surface area contributed by atoms with Gasteiger partial charge in [0.2, 0.25) is 23.4 Å². The molecule has 4 aliphatic rings. The van der Waals surface area contributed by atoms with Crippen LogP contribution in [-0.4, -0.2) is 146 Å². The number of carbonyl (C=O) groups excluding carboxylic acids is 3. The van der Waals surface area contributed by atoms with E-state index < -0.39 is 52.5 Å². The van der Waals surface area contributed by atoms with Crippen LogP contribution in [-0.2, 0) is 49.2 Å². The highest BCUT2D eigenvalue weighted by molar-refractivity contribution is 5.91. The summed E-state index contributed by atoms with van der Waals surface area (Å²) in [4.78, 5) is 80.8. The first-order valence-corrected chi connectivity index (χ1v) is 26.1. The molecule has 4 aromatic heterocycles. The molecule has 0 unspecified atom stereocenters. The molecule has 2 aromatic carbocycles. The average Bonchev–Trinajstić information content (AvgIpc) is 4.23. The van der Waals surface area contributed by atoms with Gasteiger partial charge in [-0.25, -0.2) is 4.79 Å². The lowest BCUT2D eigenvalue weighted by atomic mass is 10.1. The number of hydrogen-bond donors (Lipinski definition) is 3. The highest BCUT2D eigenvalue weighted by Crippen LogP contribution is 2.32. The molecule has 4 aliphatic heterocycles. The number of rotatable bonds is 10. The lowest BCUT2D eigenvalue weighted by Crippen LogP contribution is -2.51. The van der Waals surface area contributed by atoms with Crippen LogP contribution in [0.15, 0.2) is 70.3 Å². The summed E-state index contributed by atoms with van der Waals surface area (Å²) in [5.74, 6) is 0.0890. The fourth-order valence-electron chi connectivity index (χ4n) is 9.64. The summed E-state index contributed by atoms with van der Waals surface area (Å²) in [6.45, 7) is 14.1. The molecule has 0 bridgehead atoms. The molecule has 432 valence electrons. The van der Waals surface area contributed by atoms with Crippen LogP contribution >= 0.6 is 0 Å². The molecule has 0 aliphatic carbocycles. The number of alkyl halides is 6. The Kier molecular flexibility index (Phi) is 16.7. The normalized spacial score (nSPS) is 16.4. The number of hydrogen-bond acceptors (Lipinski definition) is 15. The molecule has 6 aromatic rings. The van der Waals surface area contributed by atoms with Gasteiger partial charge in [0.15, 0.2) is 11.6 Å². The van der Waals surface area contributed by atoms with Crippen LogP contribution in [0.25, 0.3) is 22.7 Å². The molecule has 0 saturated carbocycles. The molecule has 3 N–H and O–H groups in total. The predicted octanol–water partition coefficient (Wildman–Crippen LogP) is 5.79. The molecule has 22 nitrogen and oxygen atoms in total. The minimum absolute atomic E-state index is 0.147. The molecular weight excluding hydrogens is 1070 g/mol. The Morgan fingerprint density at radius 1 is 0.617 bits per heavy atom. The van der Waals surface area contributed by atoms with Crippen molar-refractivity contribution in [3.8, 4) is 0 Å². The second-order valence-corrected chi connectivity index (χ2v) is 20.5. The quantitative estimate of drug-likeness (QED) is 0.138.